The van der Waals surface area contributed by atoms with Gasteiger partial charge in [-0.15, -0.1) is 0 Å². The van der Waals surface area contributed by atoms with E-state index in [4.69, 9.17) is 9.39 Å². The first-order valence-corrected chi connectivity index (χ1v) is 14.8. The van der Waals surface area contributed by atoms with Crippen LogP contribution in [0.15, 0.2) is 69.7 Å². The molecule has 3 aliphatic rings. The first kappa shape index (κ1) is 28.6. The van der Waals surface area contributed by atoms with Crippen molar-refractivity contribution < 1.29 is 29.1 Å². The molecule has 2 amide bonds. The summed E-state index contributed by atoms with van der Waals surface area (Å²) in [4.78, 5) is 27.5. The number of imide groups is 1. The lowest BCUT2D eigenvalue weighted by Gasteiger charge is -2.43. The van der Waals surface area contributed by atoms with Crippen molar-refractivity contribution in [1.29, 1.82) is 0 Å². The number of halogens is 1. The molecule has 9 heteroatoms. The maximum Gasteiger partial charge on any atom is 0.455 e. The van der Waals surface area contributed by atoms with Crippen LogP contribution >= 0.6 is 15.9 Å². The second kappa shape index (κ2) is 12.3. The molecule has 0 unspecified atom stereocenters. The number of allylic oxidation sites excluding steroid dienone is 1. The van der Waals surface area contributed by atoms with Gasteiger partial charge in [0.1, 0.15) is 18.1 Å². The van der Waals surface area contributed by atoms with E-state index in [-0.39, 0.29) is 29.8 Å². The Hall–Kier alpha value is -2.88. The first-order chi connectivity index (χ1) is 19.3. The number of para-hydroxylation sites is 1. The highest BCUT2D eigenvalue weighted by Gasteiger charge is 2.56. The van der Waals surface area contributed by atoms with Crippen LogP contribution in [-0.2, 0) is 14.2 Å². The smallest absolute Gasteiger partial charge is 0.455 e. The summed E-state index contributed by atoms with van der Waals surface area (Å²) in [5, 5.41) is 21.2. The van der Waals surface area contributed by atoms with E-state index in [1.54, 1.807) is 19.2 Å². The third kappa shape index (κ3) is 5.92. The first-order valence-electron chi connectivity index (χ1n) is 14.0. The number of phenols is 1. The van der Waals surface area contributed by atoms with Crippen LogP contribution < -0.4 is 4.74 Å². The van der Waals surface area contributed by atoms with Gasteiger partial charge in [0.25, 0.3) is 0 Å². The highest BCUT2D eigenvalue weighted by atomic mass is 79.9. The van der Waals surface area contributed by atoms with Gasteiger partial charge in [0.15, 0.2) is 0 Å². The zero-order chi connectivity index (χ0) is 28.4. The monoisotopic (exact) mass is 607 g/mol. The fourth-order valence-electron chi connectivity index (χ4n) is 6.51. The topological polar surface area (TPSA) is 96.3 Å². The van der Waals surface area contributed by atoms with Crippen LogP contribution in [0.5, 0.6) is 11.5 Å². The molecule has 2 heterocycles. The van der Waals surface area contributed by atoms with E-state index in [1.807, 2.05) is 42.5 Å². The van der Waals surface area contributed by atoms with Crippen LogP contribution in [0.3, 0.4) is 0 Å². The molecule has 2 N–H and O–H groups in total. The van der Waals surface area contributed by atoms with Crippen molar-refractivity contribution in [3.63, 3.8) is 0 Å². The number of carbonyl (C=O) groups is 2. The number of rotatable bonds is 9. The second-order valence-electron chi connectivity index (χ2n) is 10.9. The summed E-state index contributed by atoms with van der Waals surface area (Å²) in [5.41, 5.74) is 3.89. The van der Waals surface area contributed by atoms with E-state index in [0.29, 0.717) is 25.9 Å². The molecule has 2 aromatic carbocycles. The van der Waals surface area contributed by atoms with E-state index in [9.17, 15) is 19.7 Å². The number of aromatic hydroxyl groups is 1. The number of phenolic OH excluding ortho intramolecular Hbond substituents is 1. The molecule has 0 radical (unpaired) electrons. The Morgan fingerprint density at radius 1 is 1.15 bits per heavy atom. The standard InChI is InChI=1S/C31H35BBrNO6/c1-3-7-19(14-20-15-22(33)11-12-26(20)35)10-13-27-28-21(18-39-23-8-5-4-6-9-23)16-24-29(25(28)17-32(38)40-27)31(37)34(2)30(24)36/h4-6,8-9,11-12,14-15,24-25,27,29,35,38H,3,7,10,13,16-18H2,1-2H3/b19-14+/t24-,25+,27-,29-/m1/s1. The highest BCUT2D eigenvalue weighted by Crippen LogP contribution is 2.50. The number of likely N-dealkylation sites (tertiary alicyclic amines) is 1. The number of nitrogens with zero attached hydrogens (tertiary/aromatic N) is 1. The van der Waals surface area contributed by atoms with Gasteiger partial charge in [0.05, 0.1) is 17.9 Å². The molecule has 5 rings (SSSR count). The largest absolute Gasteiger partial charge is 0.507 e. The number of ether oxygens (including phenoxy) is 1. The van der Waals surface area contributed by atoms with E-state index in [2.05, 4.69) is 22.9 Å². The number of hydrogen-bond donors (Lipinski definition) is 2. The van der Waals surface area contributed by atoms with Gasteiger partial charge < -0.3 is 19.5 Å². The molecular weight excluding hydrogens is 573 g/mol. The summed E-state index contributed by atoms with van der Waals surface area (Å²) in [6, 6.07) is 14.9. The highest BCUT2D eigenvalue weighted by molar-refractivity contribution is 9.10. The predicted octanol–water partition coefficient (Wildman–Crippen LogP) is 5.62. The average molecular weight is 608 g/mol. The fraction of sp³-hybridized carbons (Fsp3) is 0.419. The van der Waals surface area contributed by atoms with Gasteiger partial charge in [-0.3, -0.25) is 14.5 Å². The van der Waals surface area contributed by atoms with Crippen LogP contribution in [0, 0.1) is 17.8 Å². The summed E-state index contributed by atoms with van der Waals surface area (Å²) in [6.45, 7) is 2.41. The van der Waals surface area contributed by atoms with Crippen molar-refractivity contribution in [1.82, 2.24) is 4.90 Å². The lowest BCUT2D eigenvalue weighted by Crippen LogP contribution is -2.46. The van der Waals surface area contributed by atoms with Gasteiger partial charge in [-0.2, -0.15) is 0 Å². The Balaban J connectivity index is 1.46. The van der Waals surface area contributed by atoms with Crippen molar-refractivity contribution >= 4 is 40.9 Å². The normalized spacial score (nSPS) is 24.9. The Bertz CT molecular complexity index is 1330. The quantitative estimate of drug-likeness (QED) is 0.218. The Kier molecular flexibility index (Phi) is 8.83. The molecular formula is C31H35BBrNO6. The average Bonchev–Trinajstić information content (AvgIpc) is 3.16. The van der Waals surface area contributed by atoms with Crippen LogP contribution in [0.4, 0.5) is 0 Å². The molecule has 1 aliphatic carbocycles. The Morgan fingerprint density at radius 3 is 2.67 bits per heavy atom. The molecule has 0 spiro atoms. The second-order valence-corrected chi connectivity index (χ2v) is 11.9. The maximum atomic E-state index is 13.2. The summed E-state index contributed by atoms with van der Waals surface area (Å²) in [5.74, 6) is -0.599. The van der Waals surface area contributed by atoms with Crippen molar-refractivity contribution in [2.45, 2.75) is 51.5 Å². The summed E-state index contributed by atoms with van der Waals surface area (Å²) < 4.78 is 13.2. The van der Waals surface area contributed by atoms with Crippen molar-refractivity contribution in [3.8, 4) is 11.5 Å². The minimum Gasteiger partial charge on any atom is -0.507 e. The summed E-state index contributed by atoms with van der Waals surface area (Å²) in [6.07, 6.45) is 5.44. The molecule has 4 atom stereocenters. The minimum atomic E-state index is -1.02. The molecule has 2 fully saturated rings. The maximum absolute atomic E-state index is 13.2. The van der Waals surface area contributed by atoms with Gasteiger partial charge in [-0.05, 0) is 79.4 Å². The third-order valence-corrected chi connectivity index (χ3v) is 8.83. The van der Waals surface area contributed by atoms with Crippen molar-refractivity contribution in [2.24, 2.45) is 17.8 Å². The van der Waals surface area contributed by atoms with E-state index >= 15 is 0 Å². The van der Waals surface area contributed by atoms with E-state index < -0.39 is 25.1 Å². The van der Waals surface area contributed by atoms with Crippen molar-refractivity contribution in [2.75, 3.05) is 13.7 Å². The van der Waals surface area contributed by atoms with Gasteiger partial charge in [-0.1, -0.05) is 59.1 Å². The molecule has 7 nitrogen and oxygen atoms in total. The molecule has 0 aromatic heterocycles. The van der Waals surface area contributed by atoms with Gasteiger partial charge in [-0.25, -0.2) is 0 Å². The SMILES string of the molecule is CCC/C(=C\c1cc(Br)ccc1O)CC[C@H]1OB(O)C[C@H]2C1=C(COc1ccccc1)C[C@H]1C(=O)N(C)C(=O)[C@H]12. The van der Waals surface area contributed by atoms with Crippen LogP contribution in [-0.4, -0.2) is 53.7 Å². The summed E-state index contributed by atoms with van der Waals surface area (Å²) in [7, 11) is 0.533. The molecule has 2 aromatic rings. The molecule has 210 valence electrons. The minimum absolute atomic E-state index is 0.161. The lowest BCUT2D eigenvalue weighted by atomic mass is 9.58. The Labute approximate surface area is 244 Å². The van der Waals surface area contributed by atoms with Crippen LogP contribution in [0.2, 0.25) is 6.32 Å². The summed E-state index contributed by atoms with van der Waals surface area (Å²) >= 11 is 3.48. The molecule has 2 saturated heterocycles. The van der Waals surface area contributed by atoms with Gasteiger partial charge >= 0.3 is 7.12 Å². The van der Waals surface area contributed by atoms with Crippen molar-refractivity contribution in [3.05, 3.63) is 75.3 Å². The predicted molar refractivity (Wildman–Crippen MR) is 157 cm³/mol. The third-order valence-electron chi connectivity index (χ3n) is 8.33. The number of hydrogen-bond acceptors (Lipinski definition) is 6. The fourth-order valence-corrected chi connectivity index (χ4v) is 6.89. The molecule has 2 aliphatic heterocycles. The molecule has 0 saturated carbocycles. The lowest BCUT2D eigenvalue weighted by molar-refractivity contribution is -0.138. The van der Waals surface area contributed by atoms with E-state index in [0.717, 1.165) is 39.8 Å². The Morgan fingerprint density at radius 2 is 1.93 bits per heavy atom. The van der Waals surface area contributed by atoms with Crippen LogP contribution in [0.1, 0.15) is 44.6 Å². The van der Waals surface area contributed by atoms with Crippen LogP contribution in [0.25, 0.3) is 6.08 Å². The van der Waals surface area contributed by atoms with E-state index in [1.165, 1.54) is 10.5 Å². The number of amides is 2. The molecule has 0 bridgehead atoms. The zero-order valence-electron chi connectivity index (χ0n) is 22.9. The molecule has 40 heavy (non-hydrogen) atoms. The van der Waals surface area contributed by atoms with Gasteiger partial charge in [0.2, 0.25) is 11.8 Å². The number of fused-ring (bicyclic) bond motifs is 3. The zero-order valence-corrected chi connectivity index (χ0v) is 24.5. The number of benzene rings is 2. The van der Waals surface area contributed by atoms with Gasteiger partial charge in [0, 0.05) is 17.1 Å². The number of carbonyl (C=O) groups excluding carboxylic acids is 2.